The smallest absolute Gasteiger partial charge is 0.243 e. The number of carbonyl (C=O) groups is 3. The first-order chi connectivity index (χ1) is 17.1. The zero-order valence-electron chi connectivity index (χ0n) is 20.5. The number of fused-ring (bicyclic) bond motifs is 1. The Labute approximate surface area is 211 Å². The van der Waals surface area contributed by atoms with E-state index in [1.807, 2.05) is 19.9 Å². The summed E-state index contributed by atoms with van der Waals surface area (Å²) in [6.45, 7) is 4.37. The van der Waals surface area contributed by atoms with Crippen molar-refractivity contribution in [2.75, 3.05) is 18.0 Å². The molecule has 1 heterocycles. The number of carbonyl (C=O) groups excluding carboxylic acids is 3. The maximum atomic E-state index is 13.1. The van der Waals surface area contributed by atoms with Gasteiger partial charge in [-0.2, -0.15) is 0 Å². The minimum absolute atomic E-state index is 0.0330. The van der Waals surface area contributed by atoms with Crippen LogP contribution in [0.2, 0.25) is 0 Å². The van der Waals surface area contributed by atoms with Crippen molar-refractivity contribution in [2.45, 2.75) is 38.1 Å². The van der Waals surface area contributed by atoms with Gasteiger partial charge in [-0.15, -0.1) is 0 Å². The number of anilines is 1. The summed E-state index contributed by atoms with van der Waals surface area (Å²) in [6, 6.07) is 16.2. The predicted octanol–water partition coefficient (Wildman–Crippen LogP) is 2.67. The molecule has 190 valence electrons. The zero-order chi connectivity index (χ0) is 26.3. The lowest BCUT2D eigenvalue weighted by Gasteiger charge is -2.31. The molecule has 1 aromatic heterocycles. The summed E-state index contributed by atoms with van der Waals surface area (Å²) in [7, 11) is -4.01. The second-order valence-electron chi connectivity index (χ2n) is 8.78. The number of aromatic nitrogens is 1. The molecule has 0 radical (unpaired) electrons. The monoisotopic (exact) mass is 510 g/mol. The standard InChI is InChI=1S/C26H30N4O5S/c1-18(2)15-23(30(19(3)31)21-11-5-4-6-12-21)26(33)28-16-22(32)17-29-36(34,35)24-13-7-9-20-10-8-14-27-25(20)24/h4-14,18,23,29H,15-17H2,1-3H3,(H,28,33)/t23-/m0/s1. The van der Waals surface area contributed by atoms with Crippen LogP contribution in [0.15, 0.2) is 71.8 Å². The van der Waals surface area contributed by atoms with Gasteiger partial charge in [0, 0.05) is 24.2 Å². The molecule has 0 spiro atoms. The van der Waals surface area contributed by atoms with Crippen molar-refractivity contribution in [3.63, 3.8) is 0 Å². The van der Waals surface area contributed by atoms with Gasteiger partial charge < -0.3 is 10.2 Å². The Morgan fingerprint density at radius 2 is 1.64 bits per heavy atom. The van der Waals surface area contributed by atoms with Crippen molar-refractivity contribution in [1.82, 2.24) is 15.0 Å². The molecule has 0 aliphatic rings. The average molecular weight is 511 g/mol. The molecule has 2 aromatic carbocycles. The van der Waals surface area contributed by atoms with Gasteiger partial charge in [-0.1, -0.05) is 50.2 Å². The summed E-state index contributed by atoms with van der Waals surface area (Å²) in [5, 5.41) is 3.23. The molecule has 2 N–H and O–H groups in total. The molecule has 36 heavy (non-hydrogen) atoms. The largest absolute Gasteiger partial charge is 0.347 e. The fraction of sp³-hybridized carbons (Fsp3) is 0.308. The second-order valence-corrected chi connectivity index (χ2v) is 10.5. The number of ketones is 1. The van der Waals surface area contributed by atoms with E-state index in [0.717, 1.165) is 0 Å². The van der Waals surface area contributed by atoms with Crippen LogP contribution in [0.4, 0.5) is 5.69 Å². The van der Waals surface area contributed by atoms with Crippen molar-refractivity contribution < 1.29 is 22.8 Å². The number of hydrogen-bond donors (Lipinski definition) is 2. The van der Waals surface area contributed by atoms with E-state index in [4.69, 9.17) is 0 Å². The van der Waals surface area contributed by atoms with E-state index in [2.05, 4.69) is 15.0 Å². The molecule has 10 heteroatoms. The Morgan fingerprint density at radius 3 is 2.31 bits per heavy atom. The van der Waals surface area contributed by atoms with Crippen LogP contribution < -0.4 is 14.9 Å². The lowest BCUT2D eigenvalue weighted by atomic mass is 10.0. The Morgan fingerprint density at radius 1 is 0.944 bits per heavy atom. The molecular weight excluding hydrogens is 480 g/mol. The van der Waals surface area contributed by atoms with E-state index in [1.165, 1.54) is 24.1 Å². The Hall–Kier alpha value is -3.63. The molecule has 1 atom stereocenters. The molecule has 0 fully saturated rings. The number of nitrogens with one attached hydrogen (secondary N) is 2. The lowest BCUT2D eigenvalue weighted by Crippen LogP contribution is -2.51. The van der Waals surface area contributed by atoms with E-state index >= 15 is 0 Å². The topological polar surface area (TPSA) is 126 Å². The van der Waals surface area contributed by atoms with Crippen LogP contribution >= 0.6 is 0 Å². The average Bonchev–Trinajstić information content (AvgIpc) is 2.85. The summed E-state index contributed by atoms with van der Waals surface area (Å²) in [4.78, 5) is 43.5. The normalized spacial score (nSPS) is 12.3. The fourth-order valence-corrected chi connectivity index (χ4v) is 5.05. The number of amides is 2. The van der Waals surface area contributed by atoms with Gasteiger partial charge in [0.1, 0.15) is 10.9 Å². The minimum Gasteiger partial charge on any atom is -0.347 e. The Kier molecular flexibility index (Phi) is 8.89. The third-order valence-corrected chi connectivity index (χ3v) is 6.92. The molecule has 9 nitrogen and oxygen atoms in total. The number of pyridine rings is 1. The number of para-hydroxylation sites is 2. The molecule has 0 aliphatic carbocycles. The van der Waals surface area contributed by atoms with Gasteiger partial charge in [0.15, 0.2) is 5.78 Å². The number of benzene rings is 2. The molecular formula is C26H30N4O5S. The van der Waals surface area contributed by atoms with Gasteiger partial charge in [0.25, 0.3) is 0 Å². The highest BCUT2D eigenvalue weighted by Crippen LogP contribution is 2.22. The maximum absolute atomic E-state index is 13.1. The molecule has 0 saturated carbocycles. The molecule has 3 aromatic rings. The van der Waals surface area contributed by atoms with Gasteiger partial charge in [0.2, 0.25) is 21.8 Å². The minimum atomic E-state index is -4.01. The second kappa shape index (κ2) is 11.9. The summed E-state index contributed by atoms with van der Waals surface area (Å²) < 4.78 is 27.9. The molecule has 2 amide bonds. The molecule has 3 rings (SSSR count). The van der Waals surface area contributed by atoms with E-state index in [-0.39, 0.29) is 23.3 Å². The van der Waals surface area contributed by atoms with E-state index in [0.29, 0.717) is 23.0 Å². The fourth-order valence-electron chi connectivity index (χ4n) is 3.86. The van der Waals surface area contributed by atoms with Gasteiger partial charge in [-0.05, 0) is 36.6 Å². The lowest BCUT2D eigenvalue weighted by molar-refractivity contribution is -0.127. The predicted molar refractivity (Wildman–Crippen MR) is 138 cm³/mol. The van der Waals surface area contributed by atoms with Crippen LogP contribution in [0.5, 0.6) is 0 Å². The quantitative estimate of drug-likeness (QED) is 0.409. The number of Topliss-reactive ketones (excluding diaryl/α,β-unsaturated/α-hetero) is 1. The van der Waals surface area contributed by atoms with Crippen molar-refractivity contribution in [1.29, 1.82) is 0 Å². The van der Waals surface area contributed by atoms with Gasteiger partial charge in [-0.25, -0.2) is 13.1 Å². The molecule has 0 unspecified atom stereocenters. The van der Waals surface area contributed by atoms with Crippen LogP contribution in [0, 0.1) is 5.92 Å². The van der Waals surface area contributed by atoms with E-state index in [9.17, 15) is 22.8 Å². The van der Waals surface area contributed by atoms with Crippen molar-refractivity contribution >= 4 is 44.2 Å². The first-order valence-electron chi connectivity index (χ1n) is 11.6. The van der Waals surface area contributed by atoms with Crippen LogP contribution in [0.1, 0.15) is 27.2 Å². The van der Waals surface area contributed by atoms with Crippen molar-refractivity contribution in [2.24, 2.45) is 5.92 Å². The summed E-state index contributed by atoms with van der Waals surface area (Å²) in [5.74, 6) is -1.22. The number of rotatable bonds is 11. The van der Waals surface area contributed by atoms with Crippen molar-refractivity contribution in [3.8, 4) is 0 Å². The molecule has 0 aliphatic heterocycles. The number of hydrogen-bond acceptors (Lipinski definition) is 6. The van der Waals surface area contributed by atoms with Gasteiger partial charge in [0.05, 0.1) is 18.6 Å². The van der Waals surface area contributed by atoms with Crippen LogP contribution in [-0.4, -0.2) is 50.1 Å². The van der Waals surface area contributed by atoms with Crippen LogP contribution in [-0.2, 0) is 24.4 Å². The van der Waals surface area contributed by atoms with E-state index in [1.54, 1.807) is 48.5 Å². The summed E-state index contributed by atoms with van der Waals surface area (Å²) >= 11 is 0. The molecule has 0 bridgehead atoms. The maximum Gasteiger partial charge on any atom is 0.243 e. The van der Waals surface area contributed by atoms with Crippen molar-refractivity contribution in [3.05, 3.63) is 66.9 Å². The molecule has 0 saturated heterocycles. The first-order valence-corrected chi connectivity index (χ1v) is 13.1. The highest BCUT2D eigenvalue weighted by molar-refractivity contribution is 7.89. The third kappa shape index (κ3) is 6.73. The SMILES string of the molecule is CC(=O)N(c1ccccc1)[C@@H](CC(C)C)C(=O)NCC(=O)CNS(=O)(=O)c1cccc2cccnc12. The number of nitrogens with zero attached hydrogens (tertiary/aromatic N) is 2. The zero-order valence-corrected chi connectivity index (χ0v) is 21.3. The van der Waals surface area contributed by atoms with Gasteiger partial charge >= 0.3 is 0 Å². The third-order valence-electron chi connectivity index (χ3n) is 5.49. The number of sulfonamides is 1. The van der Waals surface area contributed by atoms with Crippen LogP contribution in [0.3, 0.4) is 0 Å². The highest BCUT2D eigenvalue weighted by Gasteiger charge is 2.30. The first kappa shape index (κ1) is 27.0. The van der Waals surface area contributed by atoms with E-state index < -0.39 is 34.3 Å². The van der Waals surface area contributed by atoms with Crippen LogP contribution in [0.25, 0.3) is 10.9 Å². The summed E-state index contributed by atoms with van der Waals surface area (Å²) in [5.41, 5.74) is 0.878. The van der Waals surface area contributed by atoms with Gasteiger partial charge in [-0.3, -0.25) is 19.4 Å². The Balaban J connectivity index is 1.67. The highest BCUT2D eigenvalue weighted by atomic mass is 32.2. The summed E-state index contributed by atoms with van der Waals surface area (Å²) in [6.07, 6.45) is 1.88. The Bertz CT molecular complexity index is 1340.